The number of phenols is 1. The molecule has 0 aliphatic rings. The molecule has 0 aliphatic carbocycles. The van der Waals surface area contributed by atoms with Gasteiger partial charge >= 0.3 is 0 Å². The summed E-state index contributed by atoms with van der Waals surface area (Å²) in [5, 5.41) is 9.77. The third kappa shape index (κ3) is 1.87. The maximum absolute atomic E-state index is 10.7. The molecule has 74 valence electrons. The average Bonchev–Trinajstić information content (AvgIpc) is 2.12. The number of aromatic hydroxyl groups is 1. The first-order chi connectivity index (χ1) is 6.61. The maximum Gasteiger partial charge on any atom is 0.154 e. The highest BCUT2D eigenvalue weighted by molar-refractivity contribution is 9.10. The Bertz CT molecular complexity index is 383. The second-order valence-electron chi connectivity index (χ2n) is 3.03. The van der Waals surface area contributed by atoms with Crippen LogP contribution in [0.25, 0.3) is 0 Å². The van der Waals surface area contributed by atoms with E-state index >= 15 is 0 Å². The quantitative estimate of drug-likeness (QED) is 0.665. The minimum Gasteiger partial charge on any atom is -0.507 e. The lowest BCUT2D eigenvalue weighted by molar-refractivity contribution is 0.112. The molecule has 1 N–H and O–H groups in total. The first-order valence-electron chi connectivity index (χ1n) is 4.18. The van der Waals surface area contributed by atoms with Crippen molar-refractivity contribution in [1.29, 1.82) is 0 Å². The molecule has 0 spiro atoms. The number of allylic oxidation sites excluding steroid dienone is 1. The van der Waals surface area contributed by atoms with Crippen LogP contribution < -0.4 is 0 Å². The van der Waals surface area contributed by atoms with Gasteiger partial charge in [-0.05, 0) is 40.9 Å². The van der Waals surface area contributed by atoms with E-state index in [9.17, 15) is 9.90 Å². The minimum absolute atomic E-state index is 0.0479. The van der Waals surface area contributed by atoms with Crippen molar-refractivity contribution in [3.63, 3.8) is 0 Å². The Labute approximate surface area is 91.4 Å². The molecule has 0 radical (unpaired) electrons. The van der Waals surface area contributed by atoms with Crippen molar-refractivity contribution in [2.24, 2.45) is 0 Å². The fourth-order valence-electron chi connectivity index (χ4n) is 1.33. The van der Waals surface area contributed by atoms with Crippen molar-refractivity contribution in [3.8, 4) is 5.75 Å². The van der Waals surface area contributed by atoms with Gasteiger partial charge in [-0.1, -0.05) is 6.08 Å². The zero-order valence-electron chi connectivity index (χ0n) is 7.88. The molecule has 0 saturated carbocycles. The number of hydrogen-bond donors (Lipinski definition) is 1. The molecule has 0 aliphatic heterocycles. The van der Waals surface area contributed by atoms with E-state index in [1.54, 1.807) is 6.08 Å². The monoisotopic (exact) mass is 254 g/mol. The molecule has 0 bridgehead atoms. The van der Waals surface area contributed by atoms with Gasteiger partial charge in [-0.15, -0.1) is 6.58 Å². The highest BCUT2D eigenvalue weighted by atomic mass is 79.9. The van der Waals surface area contributed by atoms with E-state index in [1.807, 2.05) is 13.0 Å². The van der Waals surface area contributed by atoms with Crippen LogP contribution in [0.15, 0.2) is 23.2 Å². The van der Waals surface area contributed by atoms with Crippen LogP contribution in [-0.2, 0) is 6.42 Å². The molecule has 0 saturated heterocycles. The van der Waals surface area contributed by atoms with Gasteiger partial charge in [0, 0.05) is 10.0 Å². The molecule has 0 amide bonds. The highest BCUT2D eigenvalue weighted by Gasteiger charge is 2.12. The third-order valence-corrected chi connectivity index (χ3v) is 2.74. The summed E-state index contributed by atoms with van der Waals surface area (Å²) >= 11 is 3.23. The van der Waals surface area contributed by atoms with Crippen molar-refractivity contribution in [2.75, 3.05) is 0 Å². The number of phenolic OH excluding ortho intramolecular Hbond substituents is 1. The third-order valence-electron chi connectivity index (χ3n) is 2.08. The number of benzene rings is 1. The van der Waals surface area contributed by atoms with Crippen LogP contribution in [-0.4, -0.2) is 11.4 Å². The molecule has 1 aromatic carbocycles. The summed E-state index contributed by atoms with van der Waals surface area (Å²) in [6.07, 6.45) is 2.90. The van der Waals surface area contributed by atoms with Crippen LogP contribution in [0.1, 0.15) is 21.5 Å². The number of aldehydes is 1. The molecule has 0 atom stereocenters. The Morgan fingerprint density at radius 1 is 1.64 bits per heavy atom. The molecule has 0 aromatic heterocycles. The number of hydrogen-bond acceptors (Lipinski definition) is 2. The maximum atomic E-state index is 10.7. The summed E-state index contributed by atoms with van der Waals surface area (Å²) < 4.78 is 0.621. The predicted molar refractivity (Wildman–Crippen MR) is 59.8 cm³/mol. The van der Waals surface area contributed by atoms with Crippen molar-refractivity contribution in [2.45, 2.75) is 13.3 Å². The first-order valence-corrected chi connectivity index (χ1v) is 4.98. The number of carbonyl (C=O) groups is 1. The molecular formula is C11H11BrO2. The van der Waals surface area contributed by atoms with Gasteiger partial charge in [0.15, 0.2) is 6.29 Å². The minimum atomic E-state index is 0.0479. The smallest absolute Gasteiger partial charge is 0.154 e. The lowest BCUT2D eigenvalue weighted by Crippen LogP contribution is -1.94. The topological polar surface area (TPSA) is 37.3 Å². The predicted octanol–water partition coefficient (Wildman–Crippen LogP) is 3.00. The molecule has 1 rings (SSSR count). The van der Waals surface area contributed by atoms with Gasteiger partial charge in [-0.25, -0.2) is 0 Å². The van der Waals surface area contributed by atoms with Gasteiger partial charge in [-0.2, -0.15) is 0 Å². The second kappa shape index (κ2) is 4.42. The zero-order chi connectivity index (χ0) is 10.7. The standard InChI is InChI=1S/C11H11BrO2/c1-3-4-8-7(2)5-10(12)9(6-13)11(8)14/h3,5-6,14H,1,4H2,2H3. The van der Waals surface area contributed by atoms with E-state index in [4.69, 9.17) is 0 Å². The van der Waals surface area contributed by atoms with Crippen LogP contribution in [0.2, 0.25) is 0 Å². The summed E-state index contributed by atoms with van der Waals surface area (Å²) in [5.41, 5.74) is 2.00. The molecule has 0 unspecified atom stereocenters. The lowest BCUT2D eigenvalue weighted by atomic mass is 10.0. The van der Waals surface area contributed by atoms with Crippen molar-refractivity contribution >= 4 is 22.2 Å². The van der Waals surface area contributed by atoms with E-state index < -0.39 is 0 Å². The molecule has 0 fully saturated rings. The number of rotatable bonds is 3. The first kappa shape index (κ1) is 11.0. The summed E-state index contributed by atoms with van der Waals surface area (Å²) in [6.45, 7) is 5.49. The SMILES string of the molecule is C=CCc1c(C)cc(Br)c(C=O)c1O. The molecule has 14 heavy (non-hydrogen) atoms. The normalized spacial score (nSPS) is 9.86. The average molecular weight is 255 g/mol. The summed E-state index contributed by atoms with van der Waals surface area (Å²) in [4.78, 5) is 10.7. The fourth-order valence-corrected chi connectivity index (χ4v) is 1.96. The largest absolute Gasteiger partial charge is 0.507 e. The molecular weight excluding hydrogens is 244 g/mol. The van der Waals surface area contributed by atoms with Crippen LogP contribution >= 0.6 is 15.9 Å². The van der Waals surface area contributed by atoms with Gasteiger partial charge in [0.2, 0.25) is 0 Å². The summed E-state index contributed by atoms with van der Waals surface area (Å²) in [5.74, 6) is 0.0479. The van der Waals surface area contributed by atoms with E-state index in [0.717, 1.165) is 11.1 Å². The van der Waals surface area contributed by atoms with Crippen LogP contribution in [0, 0.1) is 6.92 Å². The van der Waals surface area contributed by atoms with Gasteiger partial charge < -0.3 is 5.11 Å². The second-order valence-corrected chi connectivity index (χ2v) is 3.88. The van der Waals surface area contributed by atoms with Crippen LogP contribution in [0.5, 0.6) is 5.75 Å². The van der Waals surface area contributed by atoms with Gasteiger partial charge in [0.1, 0.15) is 5.75 Å². The highest BCUT2D eigenvalue weighted by Crippen LogP contribution is 2.31. The van der Waals surface area contributed by atoms with Crippen LogP contribution in [0.4, 0.5) is 0 Å². The molecule has 1 aromatic rings. The summed E-state index contributed by atoms with van der Waals surface area (Å²) in [7, 11) is 0. The Morgan fingerprint density at radius 3 is 2.79 bits per heavy atom. The van der Waals surface area contributed by atoms with Gasteiger partial charge in [0.05, 0.1) is 5.56 Å². The van der Waals surface area contributed by atoms with Crippen molar-refractivity contribution in [3.05, 3.63) is 39.9 Å². The molecule has 0 heterocycles. The Hall–Kier alpha value is -1.09. The Balaban J connectivity index is 3.42. The van der Waals surface area contributed by atoms with Gasteiger partial charge in [-0.3, -0.25) is 4.79 Å². The molecule has 3 heteroatoms. The van der Waals surface area contributed by atoms with Crippen molar-refractivity contribution < 1.29 is 9.90 Å². The van der Waals surface area contributed by atoms with Gasteiger partial charge in [0.25, 0.3) is 0 Å². The van der Waals surface area contributed by atoms with E-state index in [0.29, 0.717) is 22.7 Å². The number of aryl methyl sites for hydroxylation is 1. The zero-order valence-corrected chi connectivity index (χ0v) is 9.47. The lowest BCUT2D eigenvalue weighted by Gasteiger charge is -2.09. The van der Waals surface area contributed by atoms with E-state index in [2.05, 4.69) is 22.5 Å². The van der Waals surface area contributed by atoms with E-state index in [1.165, 1.54) is 0 Å². The van der Waals surface area contributed by atoms with E-state index in [-0.39, 0.29) is 5.75 Å². The van der Waals surface area contributed by atoms with Crippen molar-refractivity contribution in [1.82, 2.24) is 0 Å². The Kier molecular flexibility index (Phi) is 3.47. The Morgan fingerprint density at radius 2 is 2.29 bits per heavy atom. The number of carbonyl (C=O) groups excluding carboxylic acids is 1. The molecule has 2 nitrogen and oxygen atoms in total. The fraction of sp³-hybridized carbons (Fsp3) is 0.182. The summed E-state index contributed by atoms with van der Waals surface area (Å²) in [6, 6.07) is 1.82. The number of halogens is 1. The van der Waals surface area contributed by atoms with Crippen LogP contribution in [0.3, 0.4) is 0 Å².